The number of benzene rings is 4. The zero-order valence-corrected chi connectivity index (χ0v) is 22.2. The maximum atomic E-state index is 13.1. The zero-order valence-electron chi connectivity index (χ0n) is 22.2. The van der Waals surface area contributed by atoms with Gasteiger partial charge in [-0.05, 0) is 65.1 Å². The second-order valence-corrected chi connectivity index (χ2v) is 9.69. The van der Waals surface area contributed by atoms with E-state index in [1.807, 2.05) is 0 Å². The van der Waals surface area contributed by atoms with Gasteiger partial charge < -0.3 is 14.8 Å². The van der Waals surface area contributed by atoms with E-state index in [1.165, 1.54) is 36.4 Å². The average Bonchev–Trinajstić information content (AvgIpc) is 2.91. The first-order valence-corrected chi connectivity index (χ1v) is 12.8. The highest BCUT2D eigenvalue weighted by Crippen LogP contribution is 2.40. The van der Waals surface area contributed by atoms with Crippen molar-refractivity contribution in [3.8, 4) is 11.5 Å². The lowest BCUT2D eigenvalue weighted by molar-refractivity contribution is -0.275. The van der Waals surface area contributed by atoms with Crippen LogP contribution in [0.3, 0.4) is 0 Å². The van der Waals surface area contributed by atoms with Gasteiger partial charge in [-0.3, -0.25) is 0 Å². The van der Waals surface area contributed by atoms with E-state index in [-0.39, 0.29) is 30.6 Å². The molecular weight excluding hydrogens is 589 g/mol. The molecule has 0 aromatic heterocycles. The van der Waals surface area contributed by atoms with E-state index >= 15 is 0 Å². The third-order valence-corrected chi connectivity index (χ3v) is 6.63. The number of alkyl halides is 9. The van der Waals surface area contributed by atoms with Gasteiger partial charge in [0.05, 0.1) is 5.56 Å². The summed E-state index contributed by atoms with van der Waals surface area (Å²) in [5.74, 6) is -1.07. The maximum Gasteiger partial charge on any atom is 0.573 e. The lowest BCUT2D eigenvalue weighted by Crippen LogP contribution is -2.41. The van der Waals surface area contributed by atoms with E-state index in [0.717, 1.165) is 36.4 Å². The summed E-state index contributed by atoms with van der Waals surface area (Å²) < 4.78 is 126. The average molecular weight is 614 g/mol. The molecule has 4 aromatic carbocycles. The predicted molar refractivity (Wildman–Crippen MR) is 140 cm³/mol. The van der Waals surface area contributed by atoms with E-state index in [0.29, 0.717) is 11.1 Å². The summed E-state index contributed by atoms with van der Waals surface area (Å²) in [5, 5.41) is 3.15. The summed E-state index contributed by atoms with van der Waals surface area (Å²) in [7, 11) is 0. The molecule has 0 saturated carbocycles. The molecule has 0 atom stereocenters. The quantitative estimate of drug-likeness (QED) is 0.181. The van der Waals surface area contributed by atoms with Crippen LogP contribution in [0.4, 0.5) is 39.5 Å². The topological polar surface area (TPSA) is 30.5 Å². The van der Waals surface area contributed by atoms with Crippen molar-refractivity contribution in [2.75, 3.05) is 6.54 Å². The standard InChI is InChI=1S/C31H24F9NO2/c32-29(33,34)23-14-12-22(13-15-23)19-41-20-28(18-21-6-2-1-3-7-21,24-8-4-10-26(16-24)42-30(35,36)37)25-9-5-11-27(17-25)43-31(38,39)40/h1-17,41H,18-20H2. The van der Waals surface area contributed by atoms with Crippen molar-refractivity contribution in [3.05, 3.63) is 131 Å². The van der Waals surface area contributed by atoms with Crippen molar-refractivity contribution in [1.29, 1.82) is 0 Å². The minimum absolute atomic E-state index is 0.0478. The van der Waals surface area contributed by atoms with Crippen LogP contribution in [-0.2, 0) is 24.6 Å². The molecule has 0 saturated heterocycles. The van der Waals surface area contributed by atoms with Crippen LogP contribution in [0.2, 0.25) is 0 Å². The van der Waals surface area contributed by atoms with Crippen molar-refractivity contribution in [2.45, 2.75) is 37.3 Å². The Kier molecular flexibility index (Phi) is 9.29. The minimum atomic E-state index is -5.00. The Morgan fingerprint density at radius 3 is 1.49 bits per heavy atom. The van der Waals surface area contributed by atoms with E-state index in [9.17, 15) is 39.5 Å². The van der Waals surface area contributed by atoms with Gasteiger partial charge in [-0.2, -0.15) is 13.2 Å². The maximum absolute atomic E-state index is 13.1. The monoisotopic (exact) mass is 613 g/mol. The van der Waals surface area contributed by atoms with Crippen molar-refractivity contribution >= 4 is 0 Å². The first kappa shape index (κ1) is 31.7. The van der Waals surface area contributed by atoms with Crippen LogP contribution in [0.1, 0.15) is 27.8 Å². The molecule has 0 radical (unpaired) electrons. The molecule has 4 aromatic rings. The highest BCUT2D eigenvalue weighted by molar-refractivity contribution is 5.47. The van der Waals surface area contributed by atoms with Crippen LogP contribution in [0, 0.1) is 0 Å². The van der Waals surface area contributed by atoms with Gasteiger partial charge in [0.2, 0.25) is 0 Å². The van der Waals surface area contributed by atoms with Crippen molar-refractivity contribution < 1.29 is 49.0 Å². The molecule has 43 heavy (non-hydrogen) atoms. The minimum Gasteiger partial charge on any atom is -0.406 e. The molecule has 0 unspecified atom stereocenters. The van der Waals surface area contributed by atoms with Gasteiger partial charge in [0.1, 0.15) is 11.5 Å². The fourth-order valence-corrected chi connectivity index (χ4v) is 4.80. The molecule has 0 aliphatic heterocycles. The van der Waals surface area contributed by atoms with Crippen molar-refractivity contribution in [3.63, 3.8) is 0 Å². The lowest BCUT2D eigenvalue weighted by Gasteiger charge is -2.36. The van der Waals surface area contributed by atoms with Gasteiger partial charge in [-0.1, -0.05) is 66.7 Å². The largest absolute Gasteiger partial charge is 0.573 e. The molecular formula is C31H24F9NO2. The van der Waals surface area contributed by atoms with E-state index in [4.69, 9.17) is 0 Å². The molecule has 0 bridgehead atoms. The summed E-state index contributed by atoms with van der Waals surface area (Å²) in [5.41, 5.74) is -0.390. The first-order valence-electron chi connectivity index (χ1n) is 12.8. The SMILES string of the molecule is FC(F)(F)Oc1cccc(C(CNCc2ccc(C(F)(F)F)cc2)(Cc2ccccc2)c2cccc(OC(F)(F)F)c2)c1. The van der Waals surface area contributed by atoms with Gasteiger partial charge >= 0.3 is 18.9 Å². The van der Waals surface area contributed by atoms with E-state index in [1.54, 1.807) is 30.3 Å². The Hall–Kier alpha value is -4.19. The number of rotatable bonds is 10. The number of ether oxygens (including phenoxy) is 2. The molecule has 0 aliphatic carbocycles. The fourth-order valence-electron chi connectivity index (χ4n) is 4.80. The number of hydrogen-bond donors (Lipinski definition) is 1. The summed E-state index contributed by atoms with van der Waals surface area (Å²) in [6.07, 6.45) is -14.4. The van der Waals surface area contributed by atoms with Crippen LogP contribution in [-0.4, -0.2) is 19.3 Å². The molecule has 0 heterocycles. The molecule has 0 aliphatic rings. The number of hydrogen-bond acceptors (Lipinski definition) is 3. The van der Waals surface area contributed by atoms with Crippen LogP contribution in [0.25, 0.3) is 0 Å². The van der Waals surface area contributed by atoms with Crippen LogP contribution < -0.4 is 14.8 Å². The molecule has 4 rings (SSSR count). The van der Waals surface area contributed by atoms with Gasteiger partial charge in [0, 0.05) is 18.5 Å². The van der Waals surface area contributed by atoms with E-state index in [2.05, 4.69) is 14.8 Å². The summed E-state index contributed by atoms with van der Waals surface area (Å²) >= 11 is 0. The van der Waals surface area contributed by atoms with Crippen molar-refractivity contribution in [1.82, 2.24) is 5.32 Å². The van der Waals surface area contributed by atoms with Crippen LogP contribution >= 0.6 is 0 Å². The highest BCUT2D eigenvalue weighted by atomic mass is 19.4. The van der Waals surface area contributed by atoms with Crippen LogP contribution in [0.15, 0.2) is 103 Å². The Morgan fingerprint density at radius 2 is 1.02 bits per heavy atom. The summed E-state index contributed by atoms with van der Waals surface area (Å²) in [4.78, 5) is 0. The smallest absolute Gasteiger partial charge is 0.406 e. The highest BCUT2D eigenvalue weighted by Gasteiger charge is 2.38. The lowest BCUT2D eigenvalue weighted by atomic mass is 9.70. The van der Waals surface area contributed by atoms with Gasteiger partial charge in [-0.15, -0.1) is 26.3 Å². The second kappa shape index (κ2) is 12.6. The van der Waals surface area contributed by atoms with Gasteiger partial charge in [-0.25, -0.2) is 0 Å². The Bertz CT molecular complexity index is 1420. The number of nitrogens with one attached hydrogen (secondary N) is 1. The summed E-state index contributed by atoms with van der Waals surface area (Å²) in [6.45, 7) is 0.0000193. The molecule has 12 heteroatoms. The third-order valence-electron chi connectivity index (χ3n) is 6.63. The third kappa shape index (κ3) is 8.90. The van der Waals surface area contributed by atoms with Crippen LogP contribution in [0.5, 0.6) is 11.5 Å². The van der Waals surface area contributed by atoms with Crippen molar-refractivity contribution in [2.24, 2.45) is 0 Å². The Labute approximate surface area is 240 Å². The molecule has 0 spiro atoms. The number of halogens is 9. The first-order chi connectivity index (χ1) is 20.1. The molecule has 0 amide bonds. The molecule has 1 N–H and O–H groups in total. The normalized spacial score (nSPS) is 12.7. The molecule has 228 valence electrons. The Balaban J connectivity index is 1.80. The predicted octanol–water partition coefficient (Wildman–Crippen LogP) is 8.82. The van der Waals surface area contributed by atoms with E-state index < -0.39 is 41.4 Å². The van der Waals surface area contributed by atoms with Gasteiger partial charge in [0.25, 0.3) is 0 Å². The Morgan fingerprint density at radius 1 is 0.512 bits per heavy atom. The summed E-state index contributed by atoms with van der Waals surface area (Å²) in [6, 6.07) is 23.4. The fraction of sp³-hybridized carbons (Fsp3) is 0.226. The molecule has 0 fully saturated rings. The van der Waals surface area contributed by atoms with Gasteiger partial charge in [0.15, 0.2) is 0 Å². The molecule has 3 nitrogen and oxygen atoms in total. The second-order valence-electron chi connectivity index (χ2n) is 9.69. The zero-order chi connectivity index (χ0) is 31.3.